The van der Waals surface area contributed by atoms with E-state index in [4.69, 9.17) is 4.74 Å². The highest BCUT2D eigenvalue weighted by molar-refractivity contribution is 5.75. The number of hydrogen-bond donors (Lipinski definition) is 2. The maximum Gasteiger partial charge on any atom is 0.417 e. The van der Waals surface area contributed by atoms with Crippen LogP contribution in [0.3, 0.4) is 0 Å². The van der Waals surface area contributed by atoms with Crippen LogP contribution in [0, 0.1) is 6.92 Å². The van der Waals surface area contributed by atoms with Crippen LogP contribution in [-0.4, -0.2) is 47.5 Å². The Labute approximate surface area is 137 Å². The molecule has 5 nitrogen and oxygen atoms in total. The molecule has 1 atom stereocenters. The number of amides is 2. The lowest BCUT2D eigenvalue weighted by Crippen LogP contribution is -2.56. The van der Waals surface area contributed by atoms with Gasteiger partial charge in [-0.1, -0.05) is 17.7 Å². The monoisotopic (exact) mass is 344 g/mol. The van der Waals surface area contributed by atoms with Crippen molar-refractivity contribution in [3.63, 3.8) is 0 Å². The fourth-order valence-corrected chi connectivity index (χ4v) is 3.06. The third-order valence-corrected chi connectivity index (χ3v) is 4.65. The Morgan fingerprint density at radius 3 is 2.67 bits per heavy atom. The minimum Gasteiger partial charge on any atom is -0.491 e. The summed E-state index contributed by atoms with van der Waals surface area (Å²) < 4.78 is 43.9. The van der Waals surface area contributed by atoms with Gasteiger partial charge in [-0.2, -0.15) is 13.2 Å². The Morgan fingerprint density at radius 1 is 1.38 bits per heavy atom. The molecule has 2 N–H and O–H groups in total. The van der Waals surface area contributed by atoms with Crippen LogP contribution >= 0.6 is 0 Å². The predicted octanol–water partition coefficient (Wildman–Crippen LogP) is 2.53. The van der Waals surface area contributed by atoms with Crippen molar-refractivity contribution < 1.29 is 27.8 Å². The third-order valence-electron chi connectivity index (χ3n) is 4.65. The summed E-state index contributed by atoms with van der Waals surface area (Å²) in [6, 6.07) is 4.90. The van der Waals surface area contributed by atoms with Crippen molar-refractivity contribution in [2.75, 3.05) is 19.7 Å². The summed E-state index contributed by atoms with van der Waals surface area (Å²) in [5, 5.41) is 12.4. The number of alkyl halides is 3. The van der Waals surface area contributed by atoms with Gasteiger partial charge in [0.15, 0.2) is 5.60 Å². The molecule has 8 heteroatoms. The van der Waals surface area contributed by atoms with Crippen molar-refractivity contribution >= 4 is 6.03 Å². The normalized spacial score (nSPS) is 22.7. The van der Waals surface area contributed by atoms with Crippen LogP contribution in [0.25, 0.3) is 0 Å². The predicted molar refractivity (Wildman–Crippen MR) is 79.8 cm³/mol. The molecule has 0 saturated carbocycles. The van der Waals surface area contributed by atoms with Gasteiger partial charge < -0.3 is 20.1 Å². The van der Waals surface area contributed by atoms with Crippen molar-refractivity contribution in [3.05, 3.63) is 29.3 Å². The Hall–Kier alpha value is -1.96. The van der Waals surface area contributed by atoms with E-state index in [2.05, 4.69) is 5.32 Å². The summed E-state index contributed by atoms with van der Waals surface area (Å²) in [5.41, 5.74) is -0.803. The minimum absolute atomic E-state index is 0.143. The Kier molecular flexibility index (Phi) is 4.11. The fourth-order valence-electron chi connectivity index (χ4n) is 3.06. The number of aliphatic hydroxyl groups is 1. The van der Waals surface area contributed by atoms with E-state index in [1.165, 1.54) is 4.90 Å². The molecular weight excluding hydrogens is 325 g/mol. The number of fused-ring (bicyclic) bond motifs is 1. The number of piperidine rings is 1. The molecular formula is C16H19F3N2O3. The highest BCUT2D eigenvalue weighted by Crippen LogP contribution is 2.38. The molecule has 0 bridgehead atoms. The van der Waals surface area contributed by atoms with E-state index >= 15 is 0 Å². The zero-order valence-electron chi connectivity index (χ0n) is 13.2. The molecule has 0 aliphatic carbocycles. The van der Waals surface area contributed by atoms with E-state index in [0.29, 0.717) is 12.4 Å². The van der Waals surface area contributed by atoms with E-state index < -0.39 is 30.7 Å². The number of likely N-dealkylation sites (tertiary alicyclic amines) is 1. The number of carbonyl (C=O) groups excluding carboxylic acids is 1. The average molecular weight is 344 g/mol. The summed E-state index contributed by atoms with van der Waals surface area (Å²) in [4.78, 5) is 13.6. The first-order valence-corrected chi connectivity index (χ1v) is 7.77. The van der Waals surface area contributed by atoms with E-state index in [9.17, 15) is 23.1 Å². The van der Waals surface area contributed by atoms with Crippen LogP contribution < -0.4 is 10.1 Å². The lowest BCUT2D eigenvalue weighted by molar-refractivity contribution is -0.271. The van der Waals surface area contributed by atoms with Gasteiger partial charge in [-0.3, -0.25) is 0 Å². The maximum atomic E-state index is 12.8. The van der Waals surface area contributed by atoms with E-state index in [1.807, 2.05) is 25.1 Å². The number of nitrogens with zero attached hydrogens (tertiary/aromatic N) is 1. The molecule has 1 saturated heterocycles. The molecule has 1 unspecified atom stereocenters. The first-order chi connectivity index (χ1) is 11.2. The number of benzene rings is 1. The van der Waals surface area contributed by atoms with Crippen molar-refractivity contribution in [2.24, 2.45) is 0 Å². The van der Waals surface area contributed by atoms with Gasteiger partial charge in [-0.25, -0.2) is 4.79 Å². The van der Waals surface area contributed by atoms with Gasteiger partial charge in [-0.05, 0) is 13.0 Å². The Bertz CT molecular complexity index is 640. The average Bonchev–Trinajstić information content (AvgIpc) is 2.89. The number of ether oxygens (including phenoxy) is 1. The molecule has 0 radical (unpaired) electrons. The van der Waals surface area contributed by atoms with Gasteiger partial charge >= 0.3 is 12.2 Å². The van der Waals surface area contributed by atoms with Crippen LogP contribution in [0.5, 0.6) is 5.75 Å². The van der Waals surface area contributed by atoms with E-state index in [0.717, 1.165) is 11.1 Å². The number of rotatable bonds is 1. The van der Waals surface area contributed by atoms with Crippen molar-refractivity contribution in [2.45, 2.75) is 37.6 Å². The molecule has 24 heavy (non-hydrogen) atoms. The molecule has 3 rings (SSSR count). The van der Waals surface area contributed by atoms with Gasteiger partial charge in [0.05, 0.1) is 6.04 Å². The fraction of sp³-hybridized carbons (Fsp3) is 0.562. The quantitative estimate of drug-likeness (QED) is 0.823. The minimum atomic E-state index is -4.68. The molecule has 1 fully saturated rings. The molecule has 1 aromatic carbocycles. The lowest BCUT2D eigenvalue weighted by Gasteiger charge is -2.39. The van der Waals surface area contributed by atoms with Crippen LogP contribution in [0.1, 0.15) is 30.0 Å². The van der Waals surface area contributed by atoms with Crippen molar-refractivity contribution in [3.8, 4) is 5.75 Å². The molecule has 2 amide bonds. The molecule has 2 aliphatic heterocycles. The summed E-state index contributed by atoms with van der Waals surface area (Å²) in [5.74, 6) is 0.705. The molecule has 0 spiro atoms. The van der Waals surface area contributed by atoms with Crippen LogP contribution in [0.2, 0.25) is 0 Å². The van der Waals surface area contributed by atoms with Gasteiger partial charge in [0.25, 0.3) is 0 Å². The molecule has 2 heterocycles. The topological polar surface area (TPSA) is 61.8 Å². The van der Waals surface area contributed by atoms with Crippen LogP contribution in [0.4, 0.5) is 18.0 Å². The second-order valence-corrected chi connectivity index (χ2v) is 6.37. The Morgan fingerprint density at radius 2 is 2.04 bits per heavy atom. The van der Waals surface area contributed by atoms with Crippen molar-refractivity contribution in [1.29, 1.82) is 0 Å². The first kappa shape index (κ1) is 16.9. The van der Waals surface area contributed by atoms with Crippen LogP contribution in [0.15, 0.2) is 18.2 Å². The zero-order chi connectivity index (χ0) is 17.5. The van der Waals surface area contributed by atoms with E-state index in [1.54, 1.807) is 0 Å². The zero-order valence-corrected chi connectivity index (χ0v) is 13.2. The van der Waals surface area contributed by atoms with Crippen molar-refractivity contribution in [1.82, 2.24) is 10.2 Å². The molecule has 132 valence electrons. The number of aryl methyl sites for hydroxylation is 1. The first-order valence-electron chi connectivity index (χ1n) is 7.77. The second kappa shape index (κ2) is 5.84. The number of urea groups is 1. The molecule has 1 aromatic rings. The SMILES string of the molecule is Cc1ccc2c(c1)C(NC(=O)N1CCC(O)(C(F)(F)F)CC1)CO2. The molecule has 0 aromatic heterocycles. The number of halogens is 3. The van der Waals surface area contributed by atoms with Gasteiger partial charge in [0.2, 0.25) is 0 Å². The number of carbonyl (C=O) groups is 1. The van der Waals surface area contributed by atoms with E-state index in [-0.39, 0.29) is 19.1 Å². The van der Waals surface area contributed by atoms with Gasteiger partial charge in [0.1, 0.15) is 12.4 Å². The third kappa shape index (κ3) is 3.02. The van der Waals surface area contributed by atoms with Crippen LogP contribution in [-0.2, 0) is 0 Å². The second-order valence-electron chi connectivity index (χ2n) is 6.37. The summed E-state index contributed by atoms with van der Waals surface area (Å²) >= 11 is 0. The highest BCUT2D eigenvalue weighted by atomic mass is 19.4. The number of hydrogen-bond acceptors (Lipinski definition) is 3. The largest absolute Gasteiger partial charge is 0.491 e. The van der Waals surface area contributed by atoms with Gasteiger partial charge in [-0.15, -0.1) is 0 Å². The lowest BCUT2D eigenvalue weighted by atomic mass is 9.91. The summed E-state index contributed by atoms with van der Waals surface area (Å²) in [7, 11) is 0. The highest BCUT2D eigenvalue weighted by Gasteiger charge is 2.55. The standard InChI is InChI=1S/C16H19F3N2O3/c1-10-2-3-13-11(8-10)12(9-24-13)20-14(22)21-6-4-15(23,5-7-21)16(17,18)19/h2-3,8,12,23H,4-7,9H2,1H3,(H,20,22). The Balaban J connectivity index is 1.61. The smallest absolute Gasteiger partial charge is 0.417 e. The number of nitrogens with one attached hydrogen (secondary N) is 1. The summed E-state index contributed by atoms with van der Waals surface area (Å²) in [6.45, 7) is 1.94. The maximum absolute atomic E-state index is 12.8. The van der Waals surface area contributed by atoms with Gasteiger partial charge in [0, 0.05) is 31.5 Å². The molecule has 2 aliphatic rings. The summed E-state index contributed by atoms with van der Waals surface area (Å²) in [6.07, 6.45) is -5.70.